The molecule has 0 radical (unpaired) electrons. The Hall–Kier alpha value is -1.88. The molecule has 1 fully saturated rings. The first kappa shape index (κ1) is 14.5. The van der Waals surface area contributed by atoms with Crippen molar-refractivity contribution in [2.45, 2.75) is 13.8 Å². The molecule has 0 aliphatic carbocycles. The Morgan fingerprint density at radius 3 is 2.45 bits per heavy atom. The van der Waals surface area contributed by atoms with Gasteiger partial charge in [-0.05, 0) is 50.2 Å². The van der Waals surface area contributed by atoms with E-state index >= 15 is 0 Å². The van der Waals surface area contributed by atoms with Crippen molar-refractivity contribution >= 4 is 17.5 Å². The summed E-state index contributed by atoms with van der Waals surface area (Å²) >= 11 is 0. The van der Waals surface area contributed by atoms with Crippen molar-refractivity contribution in [2.24, 2.45) is 11.8 Å². The first-order valence-corrected chi connectivity index (χ1v) is 7.01. The summed E-state index contributed by atoms with van der Waals surface area (Å²) in [6.45, 7) is 6.24. The van der Waals surface area contributed by atoms with E-state index in [4.69, 9.17) is 0 Å². The van der Waals surface area contributed by atoms with E-state index in [1.165, 1.54) is 0 Å². The van der Waals surface area contributed by atoms with Gasteiger partial charge in [0.25, 0.3) is 5.91 Å². The number of amides is 2. The molecule has 5 heteroatoms. The maximum atomic E-state index is 12.0. The molecule has 0 bridgehead atoms. The van der Waals surface area contributed by atoms with Crippen LogP contribution in [-0.4, -0.2) is 31.4 Å². The minimum Gasteiger partial charge on any atom is -0.352 e. The van der Waals surface area contributed by atoms with Gasteiger partial charge in [-0.2, -0.15) is 0 Å². The Kier molecular flexibility index (Phi) is 4.74. The lowest BCUT2D eigenvalue weighted by Crippen LogP contribution is -2.48. The Balaban J connectivity index is 1.92. The topological polar surface area (TPSA) is 70.2 Å². The highest BCUT2D eigenvalue weighted by atomic mass is 16.2. The molecule has 3 N–H and O–H groups in total. The lowest BCUT2D eigenvalue weighted by Gasteiger charge is -2.31. The zero-order valence-electron chi connectivity index (χ0n) is 11.9. The van der Waals surface area contributed by atoms with Crippen LogP contribution >= 0.6 is 0 Å². The van der Waals surface area contributed by atoms with Crippen LogP contribution in [0, 0.1) is 11.8 Å². The van der Waals surface area contributed by atoms with Crippen LogP contribution in [0.25, 0.3) is 0 Å². The van der Waals surface area contributed by atoms with Gasteiger partial charge >= 0.3 is 0 Å². The molecule has 1 unspecified atom stereocenters. The van der Waals surface area contributed by atoms with E-state index in [0.29, 0.717) is 18.0 Å². The molecule has 1 saturated heterocycles. The highest BCUT2D eigenvalue weighted by molar-refractivity contribution is 5.96. The molecule has 0 spiro atoms. The summed E-state index contributed by atoms with van der Waals surface area (Å²) in [6.07, 6.45) is 0. The van der Waals surface area contributed by atoms with Crippen molar-refractivity contribution in [3.8, 4) is 0 Å². The number of hydrogen-bond acceptors (Lipinski definition) is 3. The van der Waals surface area contributed by atoms with Gasteiger partial charge in [-0.1, -0.05) is 6.92 Å². The molecule has 1 heterocycles. The van der Waals surface area contributed by atoms with E-state index in [1.807, 2.05) is 13.8 Å². The highest BCUT2D eigenvalue weighted by Crippen LogP contribution is 2.18. The number of hydrogen-bond donors (Lipinski definition) is 3. The van der Waals surface area contributed by atoms with E-state index < -0.39 is 0 Å². The fraction of sp³-hybridized carbons (Fsp3) is 0.467. The van der Waals surface area contributed by atoms with E-state index in [9.17, 15) is 9.59 Å². The summed E-state index contributed by atoms with van der Waals surface area (Å²) in [5.41, 5.74) is 1.32. The van der Waals surface area contributed by atoms with Gasteiger partial charge in [0.2, 0.25) is 5.91 Å². The smallest absolute Gasteiger partial charge is 0.251 e. The number of benzene rings is 1. The standard InChI is InChI=1S/C15H21N3O2/c1-3-17-15(20)11-4-6-13(7-5-11)18-14(19)10(2)12-8-16-9-12/h4-7,10,12,16H,3,8-9H2,1-2H3,(H,17,20)(H,18,19). The largest absolute Gasteiger partial charge is 0.352 e. The molecule has 1 aliphatic heterocycles. The predicted molar refractivity (Wildman–Crippen MR) is 78.6 cm³/mol. The Labute approximate surface area is 119 Å². The predicted octanol–water partition coefficient (Wildman–Crippen LogP) is 1.23. The molecule has 5 nitrogen and oxygen atoms in total. The summed E-state index contributed by atoms with van der Waals surface area (Å²) in [5, 5.41) is 8.80. The average molecular weight is 275 g/mol. The molecule has 1 aliphatic rings. The first-order valence-electron chi connectivity index (χ1n) is 7.01. The number of rotatable bonds is 5. The molecule has 0 aromatic heterocycles. The number of carbonyl (C=O) groups is 2. The maximum Gasteiger partial charge on any atom is 0.251 e. The monoisotopic (exact) mass is 275 g/mol. The molecule has 1 aromatic rings. The molecule has 0 saturated carbocycles. The number of nitrogens with one attached hydrogen (secondary N) is 3. The summed E-state index contributed by atoms with van der Waals surface area (Å²) < 4.78 is 0. The fourth-order valence-corrected chi connectivity index (χ4v) is 2.10. The van der Waals surface area contributed by atoms with Gasteiger partial charge in [0.15, 0.2) is 0 Å². The van der Waals surface area contributed by atoms with Crippen molar-refractivity contribution in [2.75, 3.05) is 25.0 Å². The third-order valence-electron chi connectivity index (χ3n) is 3.69. The Bertz CT molecular complexity index is 480. The van der Waals surface area contributed by atoms with Crippen LogP contribution in [0.1, 0.15) is 24.2 Å². The van der Waals surface area contributed by atoms with Crippen LogP contribution in [0.3, 0.4) is 0 Å². The Morgan fingerprint density at radius 2 is 1.95 bits per heavy atom. The summed E-state index contributed by atoms with van der Waals surface area (Å²) in [4.78, 5) is 23.7. The van der Waals surface area contributed by atoms with Gasteiger partial charge in [-0.3, -0.25) is 9.59 Å². The Morgan fingerprint density at radius 1 is 1.30 bits per heavy atom. The van der Waals surface area contributed by atoms with E-state index in [1.54, 1.807) is 24.3 Å². The zero-order valence-corrected chi connectivity index (χ0v) is 11.9. The third kappa shape index (κ3) is 3.36. The summed E-state index contributed by atoms with van der Waals surface area (Å²) in [6, 6.07) is 6.95. The van der Waals surface area contributed by atoms with Crippen LogP contribution < -0.4 is 16.0 Å². The molecule has 108 valence electrons. The second-order valence-corrected chi connectivity index (χ2v) is 5.13. The van der Waals surface area contributed by atoms with Gasteiger partial charge in [-0.15, -0.1) is 0 Å². The second kappa shape index (κ2) is 6.52. The van der Waals surface area contributed by atoms with Gasteiger partial charge in [-0.25, -0.2) is 0 Å². The number of carbonyl (C=O) groups excluding carboxylic acids is 2. The minimum absolute atomic E-state index is 0.000633. The first-order chi connectivity index (χ1) is 9.61. The van der Waals surface area contributed by atoms with E-state index in [-0.39, 0.29) is 17.7 Å². The SMILES string of the molecule is CCNC(=O)c1ccc(NC(=O)C(C)C2CNC2)cc1. The van der Waals surface area contributed by atoms with Crippen molar-refractivity contribution in [1.82, 2.24) is 10.6 Å². The van der Waals surface area contributed by atoms with Crippen LogP contribution in [-0.2, 0) is 4.79 Å². The molecule has 20 heavy (non-hydrogen) atoms. The second-order valence-electron chi connectivity index (χ2n) is 5.13. The van der Waals surface area contributed by atoms with E-state index in [2.05, 4.69) is 16.0 Å². The lowest BCUT2D eigenvalue weighted by atomic mass is 9.88. The van der Waals surface area contributed by atoms with Gasteiger partial charge in [0.05, 0.1) is 0 Å². The molecule has 2 rings (SSSR count). The normalized spacial score (nSPS) is 16.1. The van der Waals surface area contributed by atoms with Crippen molar-refractivity contribution in [3.05, 3.63) is 29.8 Å². The van der Waals surface area contributed by atoms with Crippen LogP contribution in [0.4, 0.5) is 5.69 Å². The quantitative estimate of drug-likeness (QED) is 0.757. The fourth-order valence-electron chi connectivity index (χ4n) is 2.10. The van der Waals surface area contributed by atoms with Crippen LogP contribution in [0.5, 0.6) is 0 Å². The highest BCUT2D eigenvalue weighted by Gasteiger charge is 2.28. The van der Waals surface area contributed by atoms with Crippen LogP contribution in [0.15, 0.2) is 24.3 Å². The molecule has 2 amide bonds. The van der Waals surface area contributed by atoms with Crippen molar-refractivity contribution in [1.29, 1.82) is 0 Å². The lowest BCUT2D eigenvalue weighted by molar-refractivity contribution is -0.121. The molecular formula is C15H21N3O2. The molecule has 1 atom stereocenters. The zero-order chi connectivity index (χ0) is 14.5. The maximum absolute atomic E-state index is 12.0. The number of anilines is 1. The summed E-state index contributed by atoms with van der Waals surface area (Å²) in [5.74, 6) is 0.352. The van der Waals surface area contributed by atoms with Crippen LogP contribution in [0.2, 0.25) is 0 Å². The van der Waals surface area contributed by atoms with Crippen molar-refractivity contribution in [3.63, 3.8) is 0 Å². The minimum atomic E-state index is -0.0979. The summed E-state index contributed by atoms with van der Waals surface area (Å²) in [7, 11) is 0. The molecular weight excluding hydrogens is 254 g/mol. The average Bonchev–Trinajstić information content (AvgIpc) is 2.37. The van der Waals surface area contributed by atoms with E-state index in [0.717, 1.165) is 18.8 Å². The van der Waals surface area contributed by atoms with Crippen molar-refractivity contribution < 1.29 is 9.59 Å². The van der Waals surface area contributed by atoms with Gasteiger partial charge in [0.1, 0.15) is 0 Å². The molecule has 1 aromatic carbocycles. The van der Waals surface area contributed by atoms with Gasteiger partial charge < -0.3 is 16.0 Å². The van der Waals surface area contributed by atoms with Gasteiger partial charge in [0, 0.05) is 23.7 Å². The third-order valence-corrected chi connectivity index (χ3v) is 3.69.